The molecule has 2 heterocycles. The molecule has 1 aliphatic rings. The van der Waals surface area contributed by atoms with Gasteiger partial charge in [-0.25, -0.2) is 4.98 Å². The van der Waals surface area contributed by atoms with Crippen molar-refractivity contribution in [2.24, 2.45) is 0 Å². The predicted octanol–water partition coefficient (Wildman–Crippen LogP) is 10.7. The Balaban J connectivity index is 1.27. The molecule has 0 aliphatic heterocycles. The number of hydrogen-bond acceptors (Lipinski definition) is 2. The Morgan fingerprint density at radius 1 is 0.476 bits per heavy atom. The lowest BCUT2D eigenvalue weighted by Crippen LogP contribution is -2.15. The van der Waals surface area contributed by atoms with Crippen LogP contribution in [0.1, 0.15) is 36.8 Å². The third-order valence-corrected chi connectivity index (χ3v) is 9.19. The smallest absolute Gasteiger partial charge is 0.0931 e. The lowest BCUT2D eigenvalue weighted by molar-refractivity contribution is 0.610. The first-order valence-electron chi connectivity index (χ1n) is 14.7. The Bertz CT molecular complexity index is 2140. The molecule has 0 amide bonds. The fourth-order valence-corrected chi connectivity index (χ4v) is 6.82. The van der Waals surface area contributed by atoms with E-state index in [1.165, 1.54) is 54.9 Å². The van der Waals surface area contributed by atoms with E-state index < -0.39 is 0 Å². The molecule has 0 radical (unpaired) electrons. The van der Waals surface area contributed by atoms with Crippen LogP contribution in [0.15, 0.2) is 134 Å². The monoisotopic (exact) mass is 538 g/mol. The van der Waals surface area contributed by atoms with Crippen LogP contribution in [0.3, 0.4) is 0 Å². The lowest BCUT2D eigenvalue weighted by Gasteiger charge is -2.30. The van der Waals surface area contributed by atoms with E-state index in [-0.39, 0.29) is 0 Å². The van der Waals surface area contributed by atoms with Crippen molar-refractivity contribution >= 4 is 21.5 Å². The molecule has 1 aliphatic carbocycles. The van der Waals surface area contributed by atoms with Crippen LogP contribution in [-0.2, 0) is 0 Å². The van der Waals surface area contributed by atoms with Crippen LogP contribution in [0.2, 0.25) is 0 Å². The quantitative estimate of drug-likeness (QED) is 0.224. The molecule has 2 nitrogen and oxygen atoms in total. The van der Waals surface area contributed by atoms with Crippen molar-refractivity contribution in [3.05, 3.63) is 145 Å². The summed E-state index contributed by atoms with van der Waals surface area (Å²) in [6, 6.07) is 46.0. The molecule has 0 spiro atoms. The van der Waals surface area contributed by atoms with Crippen molar-refractivity contribution in [2.75, 3.05) is 0 Å². The second kappa shape index (κ2) is 9.78. The fourth-order valence-electron chi connectivity index (χ4n) is 6.82. The van der Waals surface area contributed by atoms with Gasteiger partial charge in [-0.15, -0.1) is 0 Å². The number of nitrogens with zero attached hydrogens (tertiary/aromatic N) is 2. The lowest BCUT2D eigenvalue weighted by atomic mass is 9.77. The van der Waals surface area contributed by atoms with Gasteiger partial charge in [-0.2, -0.15) is 0 Å². The molecule has 0 saturated carbocycles. The Labute approximate surface area is 246 Å². The molecule has 2 heteroatoms. The van der Waals surface area contributed by atoms with Crippen molar-refractivity contribution in [3.8, 4) is 44.9 Å². The van der Waals surface area contributed by atoms with Crippen LogP contribution in [0.25, 0.3) is 66.4 Å². The van der Waals surface area contributed by atoms with Crippen LogP contribution >= 0.6 is 0 Å². The minimum Gasteiger partial charge on any atom is -0.254 e. The molecule has 42 heavy (non-hydrogen) atoms. The van der Waals surface area contributed by atoms with Crippen LogP contribution in [0.4, 0.5) is 0 Å². The number of aromatic nitrogens is 2. The molecule has 2 unspecified atom stereocenters. The Hall–Kier alpha value is -5.08. The molecule has 8 rings (SSSR count). The maximum atomic E-state index is 5.28. The van der Waals surface area contributed by atoms with E-state index in [0.717, 1.165) is 22.6 Å². The van der Waals surface area contributed by atoms with Crippen molar-refractivity contribution in [3.63, 3.8) is 0 Å². The van der Waals surface area contributed by atoms with Crippen molar-refractivity contribution in [2.45, 2.75) is 25.7 Å². The maximum absolute atomic E-state index is 5.28. The van der Waals surface area contributed by atoms with Crippen molar-refractivity contribution < 1.29 is 0 Å². The van der Waals surface area contributed by atoms with Crippen molar-refractivity contribution in [1.82, 2.24) is 9.97 Å². The highest BCUT2D eigenvalue weighted by Gasteiger charge is 2.30. The van der Waals surface area contributed by atoms with Crippen LogP contribution in [0, 0.1) is 0 Å². The summed E-state index contributed by atoms with van der Waals surface area (Å²) in [7, 11) is 0. The molecule has 0 saturated heterocycles. The Kier molecular flexibility index (Phi) is 5.75. The first-order valence-corrected chi connectivity index (χ1v) is 14.7. The molecule has 2 atom stereocenters. The number of hydrogen-bond donors (Lipinski definition) is 0. The normalized spacial score (nSPS) is 15.9. The standard InChI is InChI=1S/C40H30N2/c1-25-26(2)31-21-22-38(42-40(31)39-30(25)20-9-23-41-39)37-19-8-17-35-34(16-7-18-36(35)37)29-13-5-12-28(24-29)33-15-6-11-27-10-3-4-14-32(27)33/h3-26H,1-2H3. The van der Waals surface area contributed by atoms with Crippen LogP contribution in [0.5, 0.6) is 0 Å². The first kappa shape index (κ1) is 24.7. The summed E-state index contributed by atoms with van der Waals surface area (Å²) in [6.07, 6.45) is 1.89. The maximum Gasteiger partial charge on any atom is 0.0931 e. The van der Waals surface area contributed by atoms with E-state index in [9.17, 15) is 0 Å². The minimum atomic E-state index is 0.395. The van der Waals surface area contributed by atoms with E-state index in [1.807, 2.05) is 12.3 Å². The van der Waals surface area contributed by atoms with E-state index >= 15 is 0 Å². The average Bonchev–Trinajstić information content (AvgIpc) is 3.06. The summed E-state index contributed by atoms with van der Waals surface area (Å²) in [5, 5.41) is 4.96. The van der Waals surface area contributed by atoms with Gasteiger partial charge in [0, 0.05) is 11.8 Å². The largest absolute Gasteiger partial charge is 0.254 e. The zero-order chi connectivity index (χ0) is 28.2. The van der Waals surface area contributed by atoms with Gasteiger partial charge in [0.05, 0.1) is 17.1 Å². The molecular weight excluding hydrogens is 508 g/mol. The van der Waals surface area contributed by atoms with Gasteiger partial charge >= 0.3 is 0 Å². The van der Waals surface area contributed by atoms with E-state index in [1.54, 1.807) is 0 Å². The van der Waals surface area contributed by atoms with Gasteiger partial charge < -0.3 is 0 Å². The molecule has 0 N–H and O–H groups in total. The molecule has 7 aromatic rings. The second-order valence-electron chi connectivity index (χ2n) is 11.5. The number of benzene rings is 5. The summed E-state index contributed by atoms with van der Waals surface area (Å²) in [5.41, 5.74) is 11.7. The number of pyridine rings is 2. The van der Waals surface area contributed by atoms with Crippen LogP contribution in [-0.4, -0.2) is 9.97 Å². The zero-order valence-electron chi connectivity index (χ0n) is 23.8. The van der Waals surface area contributed by atoms with Gasteiger partial charge in [-0.3, -0.25) is 4.98 Å². The topological polar surface area (TPSA) is 25.8 Å². The fraction of sp³-hybridized carbons (Fsp3) is 0.100. The molecule has 0 bridgehead atoms. The zero-order valence-corrected chi connectivity index (χ0v) is 23.8. The van der Waals surface area contributed by atoms with Gasteiger partial charge in [0.2, 0.25) is 0 Å². The van der Waals surface area contributed by atoms with E-state index in [4.69, 9.17) is 9.97 Å². The highest BCUT2D eigenvalue weighted by atomic mass is 14.8. The van der Waals surface area contributed by atoms with E-state index in [0.29, 0.717) is 11.8 Å². The first-order chi connectivity index (χ1) is 20.7. The molecule has 2 aromatic heterocycles. The highest BCUT2D eigenvalue weighted by molar-refractivity contribution is 6.05. The highest BCUT2D eigenvalue weighted by Crippen LogP contribution is 2.46. The van der Waals surface area contributed by atoms with Crippen molar-refractivity contribution in [1.29, 1.82) is 0 Å². The van der Waals surface area contributed by atoms with Gasteiger partial charge in [-0.1, -0.05) is 123 Å². The van der Waals surface area contributed by atoms with Gasteiger partial charge in [-0.05, 0) is 85.0 Å². The van der Waals surface area contributed by atoms with Gasteiger partial charge in [0.25, 0.3) is 0 Å². The second-order valence-corrected chi connectivity index (χ2v) is 11.5. The molecule has 0 fully saturated rings. The van der Waals surface area contributed by atoms with Gasteiger partial charge in [0.1, 0.15) is 0 Å². The Morgan fingerprint density at radius 2 is 1.07 bits per heavy atom. The summed E-state index contributed by atoms with van der Waals surface area (Å²) < 4.78 is 0. The summed E-state index contributed by atoms with van der Waals surface area (Å²) in [6.45, 7) is 4.60. The third-order valence-electron chi connectivity index (χ3n) is 9.19. The SMILES string of the molecule is CC1c2cccnc2-c2nc(-c3cccc4c(-c5cccc(-c6cccc7ccccc67)c5)cccc34)ccc2C1C. The van der Waals surface area contributed by atoms with Gasteiger partial charge in [0.15, 0.2) is 0 Å². The average molecular weight is 539 g/mol. The molecule has 200 valence electrons. The summed E-state index contributed by atoms with van der Waals surface area (Å²) in [5.74, 6) is 0.810. The minimum absolute atomic E-state index is 0.395. The molecular formula is C40H30N2. The molecule has 5 aromatic carbocycles. The third kappa shape index (κ3) is 3.87. The summed E-state index contributed by atoms with van der Waals surface area (Å²) >= 11 is 0. The number of fused-ring (bicyclic) bond motifs is 5. The van der Waals surface area contributed by atoms with E-state index in [2.05, 4.69) is 135 Å². The predicted molar refractivity (Wildman–Crippen MR) is 176 cm³/mol. The summed E-state index contributed by atoms with van der Waals surface area (Å²) in [4.78, 5) is 10.1. The Morgan fingerprint density at radius 3 is 1.88 bits per heavy atom. The van der Waals surface area contributed by atoms with Crippen LogP contribution < -0.4 is 0 Å². The number of rotatable bonds is 3.